The van der Waals surface area contributed by atoms with Crippen molar-refractivity contribution in [2.24, 2.45) is 7.05 Å². The number of ketones is 1. The van der Waals surface area contributed by atoms with E-state index >= 15 is 0 Å². The number of halogens is 1. The summed E-state index contributed by atoms with van der Waals surface area (Å²) in [5.41, 5.74) is 2.20. The standard InChI is InChI=1S/C21H16ClN3O/c1-25-13-23-12-20(25)14-6-7-15-11-24-17(9-16(15)8-14)10-21(26)18-4-2-3-5-19(18)22/h2-9,11-13H,10H2,1H3/i2D,3D,4D,5D. The first kappa shape index (κ1) is 12.4. The molecule has 0 saturated heterocycles. The van der Waals surface area contributed by atoms with Gasteiger partial charge in [0.2, 0.25) is 0 Å². The van der Waals surface area contributed by atoms with Crippen LogP contribution in [0, 0.1) is 0 Å². The molecule has 0 atom stereocenters. The first-order valence-electron chi connectivity index (χ1n) is 9.92. The fourth-order valence-electron chi connectivity index (χ4n) is 2.82. The fraction of sp³-hybridized carbons (Fsp3) is 0.0952. The van der Waals surface area contributed by atoms with Gasteiger partial charge in [0.15, 0.2) is 5.78 Å². The third kappa shape index (κ3) is 3.11. The molecule has 2 aromatic heterocycles. The monoisotopic (exact) mass is 365 g/mol. The Morgan fingerprint density at radius 3 is 2.85 bits per heavy atom. The minimum Gasteiger partial charge on any atom is -0.334 e. The Hall–Kier alpha value is -2.98. The molecule has 0 radical (unpaired) electrons. The molecular formula is C21H16ClN3O. The number of benzene rings is 2. The van der Waals surface area contributed by atoms with Crippen LogP contribution in [0.4, 0.5) is 0 Å². The molecule has 0 fully saturated rings. The Kier molecular flexibility index (Phi) is 3.21. The van der Waals surface area contributed by atoms with Crippen LogP contribution >= 0.6 is 11.6 Å². The van der Waals surface area contributed by atoms with Crippen molar-refractivity contribution >= 4 is 28.2 Å². The van der Waals surface area contributed by atoms with Crippen LogP contribution in [0.5, 0.6) is 0 Å². The lowest BCUT2D eigenvalue weighted by molar-refractivity contribution is 0.0992. The van der Waals surface area contributed by atoms with Crippen molar-refractivity contribution in [2.45, 2.75) is 6.42 Å². The summed E-state index contributed by atoms with van der Waals surface area (Å²) in [5, 5.41) is 1.54. The Morgan fingerprint density at radius 2 is 2.04 bits per heavy atom. The van der Waals surface area contributed by atoms with Gasteiger partial charge in [-0.25, -0.2) is 4.98 Å². The van der Waals surface area contributed by atoms with E-state index in [4.69, 9.17) is 17.1 Å². The van der Waals surface area contributed by atoms with Gasteiger partial charge in [-0.05, 0) is 29.6 Å². The Labute approximate surface area is 161 Å². The number of carbonyl (C=O) groups is 1. The largest absolute Gasteiger partial charge is 0.334 e. The second-order valence-corrected chi connectivity index (χ2v) is 6.29. The number of hydrogen-bond acceptors (Lipinski definition) is 3. The van der Waals surface area contributed by atoms with Crippen molar-refractivity contribution in [2.75, 3.05) is 0 Å². The number of rotatable bonds is 4. The number of carbonyl (C=O) groups excluding carboxylic acids is 1. The van der Waals surface area contributed by atoms with Crippen LogP contribution in [0.3, 0.4) is 0 Å². The van der Waals surface area contributed by atoms with Gasteiger partial charge in [0.25, 0.3) is 0 Å². The molecule has 5 heteroatoms. The molecule has 0 aliphatic heterocycles. The molecule has 2 aromatic carbocycles. The number of imidazole rings is 1. The summed E-state index contributed by atoms with van der Waals surface area (Å²) in [6.45, 7) is 0. The number of Topliss-reactive ketones (excluding diaryl/α,β-unsaturated/α-hetero) is 1. The van der Waals surface area contributed by atoms with Crippen LogP contribution in [-0.2, 0) is 13.5 Å². The van der Waals surface area contributed by atoms with Crippen molar-refractivity contribution in [1.82, 2.24) is 14.5 Å². The topological polar surface area (TPSA) is 47.8 Å². The first-order chi connectivity index (χ1) is 14.3. The van der Waals surface area contributed by atoms with Gasteiger partial charge in [0.05, 0.1) is 35.1 Å². The molecule has 0 spiro atoms. The molecule has 4 rings (SSSR count). The number of aromatic nitrogens is 3. The zero-order valence-corrected chi connectivity index (χ0v) is 14.6. The highest BCUT2D eigenvalue weighted by Gasteiger charge is 2.12. The van der Waals surface area contributed by atoms with Gasteiger partial charge in [-0.1, -0.05) is 35.8 Å². The molecule has 128 valence electrons. The van der Waals surface area contributed by atoms with E-state index in [1.54, 1.807) is 24.8 Å². The molecule has 26 heavy (non-hydrogen) atoms. The number of pyridine rings is 1. The molecule has 0 amide bonds. The van der Waals surface area contributed by atoms with E-state index < -0.39 is 30.0 Å². The highest BCUT2D eigenvalue weighted by Crippen LogP contribution is 2.24. The summed E-state index contributed by atoms with van der Waals surface area (Å²) < 4.78 is 33.2. The van der Waals surface area contributed by atoms with E-state index in [2.05, 4.69) is 9.97 Å². The predicted molar refractivity (Wildman–Crippen MR) is 103 cm³/mol. The van der Waals surface area contributed by atoms with Crippen molar-refractivity contribution in [3.63, 3.8) is 0 Å². The number of hydrogen-bond donors (Lipinski definition) is 0. The summed E-state index contributed by atoms with van der Waals surface area (Å²) in [5.74, 6) is -0.512. The molecule has 0 N–H and O–H groups in total. The smallest absolute Gasteiger partial charge is 0.170 e. The van der Waals surface area contributed by atoms with Crippen LogP contribution in [0.2, 0.25) is 5.02 Å². The van der Waals surface area contributed by atoms with E-state index in [1.807, 2.05) is 29.8 Å². The zero-order chi connectivity index (χ0) is 21.6. The normalized spacial score (nSPS) is 13.2. The summed E-state index contributed by atoms with van der Waals surface area (Å²) >= 11 is 6.06. The second kappa shape index (κ2) is 6.73. The van der Waals surface area contributed by atoms with Crippen LogP contribution in [0.15, 0.2) is 67.2 Å². The molecule has 0 bridgehead atoms. The minimum absolute atomic E-state index is 0.131. The Balaban J connectivity index is 1.71. The summed E-state index contributed by atoms with van der Waals surface area (Å²) in [6, 6.07) is 5.90. The highest BCUT2D eigenvalue weighted by atomic mass is 35.5. The SMILES string of the molecule is [2H]c1c([2H])c([2H])c(C(=O)Cc2cc3cc(-c4cncn4C)ccc3cn2)c(Cl)c1[2H]. The van der Waals surface area contributed by atoms with Gasteiger partial charge in [-0.2, -0.15) is 0 Å². The molecule has 0 aliphatic carbocycles. The maximum Gasteiger partial charge on any atom is 0.170 e. The molecule has 0 unspecified atom stereocenters. The fourth-order valence-corrected chi connectivity index (χ4v) is 3.02. The van der Waals surface area contributed by atoms with E-state index in [0.717, 1.165) is 22.0 Å². The van der Waals surface area contributed by atoms with Gasteiger partial charge >= 0.3 is 0 Å². The first-order valence-corrected chi connectivity index (χ1v) is 8.30. The quantitative estimate of drug-likeness (QED) is 0.492. The zero-order valence-electron chi connectivity index (χ0n) is 17.9. The van der Waals surface area contributed by atoms with E-state index in [9.17, 15) is 4.79 Å². The van der Waals surface area contributed by atoms with E-state index in [1.165, 1.54) is 0 Å². The van der Waals surface area contributed by atoms with Crippen molar-refractivity contribution < 1.29 is 10.3 Å². The van der Waals surface area contributed by atoms with Crippen molar-refractivity contribution in [1.29, 1.82) is 0 Å². The van der Waals surface area contributed by atoms with Gasteiger partial charge in [-0.15, -0.1) is 0 Å². The maximum absolute atomic E-state index is 12.8. The highest BCUT2D eigenvalue weighted by molar-refractivity contribution is 6.34. The van der Waals surface area contributed by atoms with Gasteiger partial charge < -0.3 is 4.57 Å². The van der Waals surface area contributed by atoms with Gasteiger partial charge in [0.1, 0.15) is 0 Å². The van der Waals surface area contributed by atoms with E-state index in [0.29, 0.717) is 5.69 Å². The average Bonchev–Trinajstić information content (AvgIpc) is 3.16. The summed E-state index contributed by atoms with van der Waals surface area (Å²) in [4.78, 5) is 21.3. The molecule has 4 aromatic rings. The van der Waals surface area contributed by atoms with Crippen LogP contribution in [0.1, 0.15) is 21.5 Å². The second-order valence-electron chi connectivity index (χ2n) is 5.92. The summed E-state index contributed by atoms with van der Waals surface area (Å²) in [7, 11) is 1.91. The van der Waals surface area contributed by atoms with Crippen LogP contribution < -0.4 is 0 Å². The number of aryl methyl sites for hydroxylation is 1. The van der Waals surface area contributed by atoms with Crippen molar-refractivity contribution in [3.05, 3.63) is 83.4 Å². The van der Waals surface area contributed by atoms with Crippen LogP contribution in [-0.4, -0.2) is 20.3 Å². The number of nitrogens with zero attached hydrogens (tertiary/aromatic N) is 3. The lowest BCUT2D eigenvalue weighted by Crippen LogP contribution is -2.05. The van der Waals surface area contributed by atoms with Gasteiger partial charge in [-0.3, -0.25) is 9.78 Å². The minimum atomic E-state index is -0.512. The molecule has 0 aliphatic rings. The average molecular weight is 366 g/mol. The Bertz CT molecular complexity index is 1290. The third-order valence-corrected chi connectivity index (χ3v) is 4.44. The molecular weight excluding hydrogens is 346 g/mol. The molecule has 2 heterocycles. The molecule has 4 nitrogen and oxygen atoms in total. The predicted octanol–water partition coefficient (Wildman–Crippen LogP) is 4.71. The van der Waals surface area contributed by atoms with Crippen molar-refractivity contribution in [3.8, 4) is 11.3 Å². The summed E-state index contributed by atoms with van der Waals surface area (Å²) in [6.07, 6.45) is 5.04. The third-order valence-electron chi connectivity index (χ3n) is 4.15. The molecule has 0 saturated carbocycles. The lowest BCUT2D eigenvalue weighted by atomic mass is 10.0. The number of fused-ring (bicyclic) bond motifs is 1. The maximum atomic E-state index is 12.8. The van der Waals surface area contributed by atoms with Crippen LogP contribution in [0.25, 0.3) is 22.0 Å². The Morgan fingerprint density at radius 1 is 1.19 bits per heavy atom. The van der Waals surface area contributed by atoms with E-state index in [-0.39, 0.29) is 17.0 Å². The van der Waals surface area contributed by atoms with Gasteiger partial charge in [0, 0.05) is 35.5 Å². The lowest BCUT2D eigenvalue weighted by Gasteiger charge is -2.07.